The summed E-state index contributed by atoms with van der Waals surface area (Å²) < 4.78 is 0. The number of likely N-dealkylation sites (tertiary alicyclic amines) is 1. The molecular weight excluding hydrogens is 403 g/mol. The third kappa shape index (κ3) is 3.82. The van der Waals surface area contributed by atoms with Gasteiger partial charge in [0.05, 0.1) is 10.0 Å². The van der Waals surface area contributed by atoms with Gasteiger partial charge in [-0.3, -0.25) is 4.79 Å². The molecule has 1 atom stereocenters. The number of halogens is 3. The zero-order valence-corrected chi connectivity index (χ0v) is 16.9. The summed E-state index contributed by atoms with van der Waals surface area (Å²) >= 11 is 18.6. The van der Waals surface area contributed by atoms with Crippen LogP contribution in [-0.2, 0) is 4.79 Å². The summed E-state index contributed by atoms with van der Waals surface area (Å²) in [5.74, 6) is 0.0417. The molecule has 0 radical (unpaired) electrons. The van der Waals surface area contributed by atoms with Gasteiger partial charge in [0.25, 0.3) is 0 Å². The molecule has 0 unspecified atom stereocenters. The second-order valence-corrected chi connectivity index (χ2v) is 8.20. The van der Waals surface area contributed by atoms with Crippen LogP contribution in [0.2, 0.25) is 15.1 Å². The molecule has 0 bridgehead atoms. The minimum atomic E-state index is -0.125. The number of nitrogens with zero attached hydrogens (tertiary/aromatic N) is 1. The molecule has 1 aromatic heterocycles. The van der Waals surface area contributed by atoms with Crippen LogP contribution in [0.25, 0.3) is 10.9 Å². The monoisotopic (exact) mass is 420 g/mol. The van der Waals surface area contributed by atoms with E-state index in [0.717, 1.165) is 48.0 Å². The van der Waals surface area contributed by atoms with Crippen LogP contribution in [-0.4, -0.2) is 28.9 Å². The molecule has 1 fully saturated rings. The first kappa shape index (κ1) is 18.7. The quantitative estimate of drug-likeness (QED) is 0.529. The van der Waals surface area contributed by atoms with Crippen molar-refractivity contribution < 1.29 is 4.79 Å². The highest BCUT2D eigenvalue weighted by atomic mass is 35.5. The molecule has 2 heterocycles. The van der Waals surface area contributed by atoms with Crippen molar-refractivity contribution in [1.29, 1.82) is 0 Å². The number of nitrogens with one attached hydrogen (secondary N) is 1. The predicted octanol–water partition coefficient (Wildman–Crippen LogP) is 6.27. The predicted molar refractivity (Wildman–Crippen MR) is 112 cm³/mol. The molecule has 1 aliphatic rings. The molecule has 3 aromatic rings. The molecule has 0 aliphatic carbocycles. The molecule has 6 heteroatoms. The van der Waals surface area contributed by atoms with Crippen LogP contribution in [0.1, 0.15) is 36.3 Å². The van der Waals surface area contributed by atoms with Crippen LogP contribution in [0.4, 0.5) is 0 Å². The van der Waals surface area contributed by atoms with Crippen molar-refractivity contribution in [2.45, 2.75) is 25.2 Å². The minimum Gasteiger partial charge on any atom is -0.361 e. The number of fused-ring (bicyclic) bond motifs is 1. The lowest BCUT2D eigenvalue weighted by molar-refractivity contribution is -0.130. The lowest BCUT2D eigenvalue weighted by atomic mass is 9.88. The number of benzene rings is 2. The van der Waals surface area contributed by atoms with Gasteiger partial charge in [-0.1, -0.05) is 40.9 Å². The number of hydrogen-bond donors (Lipinski definition) is 1. The number of hydrogen-bond acceptors (Lipinski definition) is 1. The highest BCUT2D eigenvalue weighted by Crippen LogP contribution is 2.37. The van der Waals surface area contributed by atoms with Crippen LogP contribution in [0.5, 0.6) is 0 Å². The molecule has 2 aromatic carbocycles. The van der Waals surface area contributed by atoms with E-state index in [2.05, 4.69) is 4.98 Å². The number of rotatable bonds is 4. The van der Waals surface area contributed by atoms with Gasteiger partial charge in [-0.25, -0.2) is 0 Å². The Morgan fingerprint density at radius 3 is 2.56 bits per heavy atom. The molecule has 3 nitrogen and oxygen atoms in total. The number of aromatic amines is 1. The molecule has 0 saturated carbocycles. The standard InChI is InChI=1S/C21H19Cl3N2O/c22-14-4-6-20-16(10-14)17(12-25-20)15(11-21(27)26-7-1-2-8-26)13-3-5-18(23)19(24)9-13/h3-6,9-10,12,15,25H,1-2,7-8,11H2/t15-/m0/s1. The highest BCUT2D eigenvalue weighted by Gasteiger charge is 2.26. The summed E-state index contributed by atoms with van der Waals surface area (Å²) in [4.78, 5) is 18.2. The van der Waals surface area contributed by atoms with Crippen LogP contribution in [0.15, 0.2) is 42.6 Å². The molecule has 140 valence electrons. The maximum Gasteiger partial charge on any atom is 0.223 e. The van der Waals surface area contributed by atoms with Crippen molar-refractivity contribution >= 4 is 51.6 Å². The number of H-pyrrole nitrogens is 1. The van der Waals surface area contributed by atoms with E-state index < -0.39 is 0 Å². The van der Waals surface area contributed by atoms with Crippen molar-refractivity contribution in [3.05, 3.63) is 68.8 Å². The van der Waals surface area contributed by atoms with Gasteiger partial charge in [0.15, 0.2) is 0 Å². The van der Waals surface area contributed by atoms with Gasteiger partial charge in [-0.2, -0.15) is 0 Å². The summed E-state index contributed by atoms with van der Waals surface area (Å²) in [6.45, 7) is 1.68. The zero-order valence-electron chi connectivity index (χ0n) is 14.6. The number of carbonyl (C=O) groups is 1. The molecule has 4 rings (SSSR count). The first-order valence-corrected chi connectivity index (χ1v) is 10.2. The molecule has 27 heavy (non-hydrogen) atoms. The lowest BCUT2D eigenvalue weighted by Crippen LogP contribution is -2.29. The van der Waals surface area contributed by atoms with E-state index in [9.17, 15) is 4.79 Å². The van der Waals surface area contributed by atoms with Gasteiger partial charge in [0, 0.05) is 47.6 Å². The van der Waals surface area contributed by atoms with Gasteiger partial charge >= 0.3 is 0 Å². The van der Waals surface area contributed by atoms with Crippen molar-refractivity contribution in [2.24, 2.45) is 0 Å². The molecule has 1 aliphatic heterocycles. The summed E-state index contributed by atoms with van der Waals surface area (Å²) in [5.41, 5.74) is 3.00. The van der Waals surface area contributed by atoms with Crippen molar-refractivity contribution in [1.82, 2.24) is 9.88 Å². The average Bonchev–Trinajstić information content (AvgIpc) is 3.32. The molecule has 1 N–H and O–H groups in total. The van der Waals surface area contributed by atoms with Crippen LogP contribution in [0.3, 0.4) is 0 Å². The van der Waals surface area contributed by atoms with Crippen LogP contribution in [0, 0.1) is 0 Å². The Balaban J connectivity index is 1.77. The third-order valence-electron chi connectivity index (χ3n) is 5.23. The van der Waals surface area contributed by atoms with Crippen LogP contribution < -0.4 is 0 Å². The Labute approximate surface area is 173 Å². The maximum atomic E-state index is 12.9. The smallest absolute Gasteiger partial charge is 0.223 e. The molecule has 1 saturated heterocycles. The van der Waals surface area contributed by atoms with E-state index in [1.54, 1.807) is 6.07 Å². The van der Waals surface area contributed by atoms with Gasteiger partial charge in [-0.15, -0.1) is 0 Å². The van der Waals surface area contributed by atoms with E-state index in [-0.39, 0.29) is 11.8 Å². The Morgan fingerprint density at radius 2 is 1.81 bits per heavy atom. The lowest BCUT2D eigenvalue weighted by Gasteiger charge is -2.22. The van der Waals surface area contributed by atoms with E-state index >= 15 is 0 Å². The number of aromatic nitrogens is 1. The fourth-order valence-corrected chi connectivity index (χ4v) is 4.29. The fraction of sp³-hybridized carbons (Fsp3) is 0.286. The molecular formula is C21H19Cl3N2O. The van der Waals surface area contributed by atoms with Crippen LogP contribution >= 0.6 is 34.8 Å². The van der Waals surface area contributed by atoms with Crippen molar-refractivity contribution in [3.63, 3.8) is 0 Å². The van der Waals surface area contributed by atoms with E-state index in [1.165, 1.54) is 0 Å². The SMILES string of the molecule is O=C(C[C@@H](c1ccc(Cl)c(Cl)c1)c1c[nH]c2ccc(Cl)cc12)N1CCCC1. The second-order valence-electron chi connectivity index (χ2n) is 6.95. The summed E-state index contributed by atoms with van der Waals surface area (Å²) in [6.07, 6.45) is 4.50. The average molecular weight is 422 g/mol. The van der Waals surface area contributed by atoms with Gasteiger partial charge in [-0.05, 0) is 54.3 Å². The topological polar surface area (TPSA) is 36.1 Å². The third-order valence-corrected chi connectivity index (χ3v) is 6.21. The minimum absolute atomic E-state index is 0.125. The largest absolute Gasteiger partial charge is 0.361 e. The van der Waals surface area contributed by atoms with E-state index in [0.29, 0.717) is 21.5 Å². The zero-order chi connectivity index (χ0) is 19.0. The summed E-state index contributed by atoms with van der Waals surface area (Å²) in [5, 5.41) is 2.69. The molecule has 1 amide bonds. The Hall–Kier alpha value is -1.68. The first-order valence-electron chi connectivity index (χ1n) is 9.02. The summed E-state index contributed by atoms with van der Waals surface area (Å²) in [7, 11) is 0. The molecule has 0 spiro atoms. The Morgan fingerprint density at radius 1 is 1.04 bits per heavy atom. The Bertz CT molecular complexity index is 992. The summed E-state index contributed by atoms with van der Waals surface area (Å²) in [6, 6.07) is 11.3. The fourth-order valence-electron chi connectivity index (χ4n) is 3.81. The van der Waals surface area contributed by atoms with E-state index in [1.807, 2.05) is 41.4 Å². The van der Waals surface area contributed by atoms with Crippen molar-refractivity contribution in [2.75, 3.05) is 13.1 Å². The van der Waals surface area contributed by atoms with Crippen molar-refractivity contribution in [3.8, 4) is 0 Å². The second kappa shape index (κ2) is 7.75. The van der Waals surface area contributed by atoms with Gasteiger partial charge in [0.2, 0.25) is 5.91 Å². The van der Waals surface area contributed by atoms with Gasteiger partial charge < -0.3 is 9.88 Å². The number of amides is 1. The highest BCUT2D eigenvalue weighted by molar-refractivity contribution is 6.42. The number of carbonyl (C=O) groups excluding carboxylic acids is 1. The van der Waals surface area contributed by atoms with E-state index in [4.69, 9.17) is 34.8 Å². The maximum absolute atomic E-state index is 12.9. The normalized spacial score (nSPS) is 15.4. The van der Waals surface area contributed by atoms with Gasteiger partial charge in [0.1, 0.15) is 0 Å². The first-order chi connectivity index (χ1) is 13.0. The Kier molecular flexibility index (Phi) is 5.36.